The lowest BCUT2D eigenvalue weighted by Crippen LogP contribution is -2.16. The van der Waals surface area contributed by atoms with E-state index in [-0.39, 0.29) is 5.57 Å². The van der Waals surface area contributed by atoms with Crippen LogP contribution < -0.4 is 17.2 Å². The number of aliphatic imine (C=N–C) groups is 1. The molecule has 0 aliphatic heterocycles. The van der Waals surface area contributed by atoms with Crippen molar-refractivity contribution in [1.82, 2.24) is 9.97 Å². The Kier molecular flexibility index (Phi) is 5.30. The molecule has 7 nitrogen and oxygen atoms in total. The molecule has 2 aromatic rings. The van der Waals surface area contributed by atoms with Gasteiger partial charge in [-0.15, -0.1) is 0 Å². The van der Waals surface area contributed by atoms with Crippen LogP contribution in [0.25, 0.3) is 5.57 Å². The molecule has 0 spiro atoms. The third-order valence-corrected chi connectivity index (χ3v) is 4.39. The number of nitrogens with two attached hydrogens (primary N) is 3. The fourth-order valence-corrected chi connectivity index (χ4v) is 3.07. The number of carbonyl (C=O) groups is 1. The van der Waals surface area contributed by atoms with Crippen molar-refractivity contribution in [3.8, 4) is 0 Å². The van der Waals surface area contributed by atoms with Crippen molar-refractivity contribution in [3.63, 3.8) is 0 Å². The molecule has 0 aromatic carbocycles. The van der Waals surface area contributed by atoms with Crippen LogP contribution in [0.3, 0.4) is 0 Å². The van der Waals surface area contributed by atoms with Crippen LogP contribution in [0.1, 0.15) is 36.2 Å². The first-order chi connectivity index (χ1) is 13.0. The number of nitrogens with zero attached hydrogens (tertiary/aromatic N) is 3. The number of aryl methyl sites for hydroxylation is 1. The fourth-order valence-electron chi connectivity index (χ4n) is 3.07. The summed E-state index contributed by atoms with van der Waals surface area (Å²) >= 11 is 0. The molecule has 0 bridgehead atoms. The third-order valence-electron chi connectivity index (χ3n) is 4.39. The summed E-state index contributed by atoms with van der Waals surface area (Å²) in [4.78, 5) is 25.1. The summed E-state index contributed by atoms with van der Waals surface area (Å²) in [7, 11) is 0. The first-order valence-corrected chi connectivity index (χ1v) is 8.68. The molecule has 27 heavy (non-hydrogen) atoms. The van der Waals surface area contributed by atoms with E-state index < -0.39 is 5.91 Å². The molecule has 0 radical (unpaired) electrons. The van der Waals surface area contributed by atoms with E-state index in [1.807, 2.05) is 31.2 Å². The Labute approximate surface area is 157 Å². The van der Waals surface area contributed by atoms with Crippen LogP contribution in [0, 0.1) is 6.92 Å². The first kappa shape index (κ1) is 18.3. The number of aromatic nitrogens is 2. The topological polar surface area (TPSA) is 133 Å². The van der Waals surface area contributed by atoms with Crippen LogP contribution in [0.2, 0.25) is 0 Å². The Morgan fingerprint density at radius 2 is 2.07 bits per heavy atom. The smallest absolute Gasteiger partial charge is 0.252 e. The Morgan fingerprint density at radius 3 is 2.70 bits per heavy atom. The van der Waals surface area contributed by atoms with Gasteiger partial charge < -0.3 is 17.2 Å². The number of allylic oxidation sites excluding steroid dienone is 2. The highest BCUT2D eigenvalue weighted by atomic mass is 16.1. The Bertz CT molecular complexity index is 974. The van der Waals surface area contributed by atoms with E-state index in [0.29, 0.717) is 11.5 Å². The van der Waals surface area contributed by atoms with Crippen molar-refractivity contribution in [2.24, 2.45) is 22.2 Å². The number of amides is 1. The third kappa shape index (κ3) is 4.03. The van der Waals surface area contributed by atoms with Gasteiger partial charge in [0.15, 0.2) is 5.82 Å². The van der Waals surface area contributed by atoms with Crippen LogP contribution in [-0.4, -0.2) is 21.6 Å². The lowest BCUT2D eigenvalue weighted by Gasteiger charge is -2.11. The van der Waals surface area contributed by atoms with E-state index in [1.54, 1.807) is 12.3 Å². The first-order valence-electron chi connectivity index (χ1n) is 8.68. The molecule has 0 saturated carbocycles. The van der Waals surface area contributed by atoms with Crippen LogP contribution in [0.4, 0.5) is 5.82 Å². The Hall–Kier alpha value is -3.48. The zero-order valence-corrected chi connectivity index (χ0v) is 15.1. The summed E-state index contributed by atoms with van der Waals surface area (Å²) in [5.41, 5.74) is 21.9. The Balaban J connectivity index is 2.15. The molecule has 7 heteroatoms. The van der Waals surface area contributed by atoms with Crippen LogP contribution in [0.15, 0.2) is 59.0 Å². The average Bonchev–Trinajstić information content (AvgIpc) is 3.06. The fraction of sp³-hybridized carbons (Fsp3) is 0.200. The zero-order valence-electron chi connectivity index (χ0n) is 15.1. The largest absolute Gasteiger partial charge is 0.404 e. The molecule has 0 unspecified atom stereocenters. The normalized spacial score (nSPS) is 15.3. The number of carbonyl (C=O) groups excluding carboxylic acids is 1. The maximum Gasteiger partial charge on any atom is 0.252 e. The molecule has 0 fully saturated rings. The molecule has 138 valence electrons. The van der Waals surface area contributed by atoms with Crippen molar-refractivity contribution in [1.29, 1.82) is 0 Å². The van der Waals surface area contributed by atoms with Gasteiger partial charge in [-0.1, -0.05) is 6.07 Å². The Morgan fingerprint density at radius 1 is 1.26 bits per heavy atom. The molecule has 1 aliphatic carbocycles. The predicted molar refractivity (Wildman–Crippen MR) is 106 cm³/mol. The second-order valence-corrected chi connectivity index (χ2v) is 6.33. The van der Waals surface area contributed by atoms with Gasteiger partial charge in [0.25, 0.3) is 5.91 Å². The highest BCUT2D eigenvalue weighted by Crippen LogP contribution is 2.28. The maximum atomic E-state index is 11.6. The SMILES string of the molecule is Cc1cccc(N=C(C2=C(N)CCC2)c2ccnc(C(=CN)C(N)=O)c2)n1. The number of pyridine rings is 2. The minimum Gasteiger partial charge on any atom is -0.404 e. The van der Waals surface area contributed by atoms with Crippen molar-refractivity contribution >= 4 is 23.0 Å². The molecular formula is C20H22N6O. The van der Waals surface area contributed by atoms with Gasteiger partial charge in [0.2, 0.25) is 0 Å². The molecule has 6 N–H and O–H groups in total. The molecule has 1 amide bonds. The average molecular weight is 362 g/mol. The van der Waals surface area contributed by atoms with Crippen molar-refractivity contribution in [3.05, 3.63) is 71.0 Å². The van der Waals surface area contributed by atoms with Crippen LogP contribution in [-0.2, 0) is 4.79 Å². The number of hydrogen-bond acceptors (Lipinski definition) is 6. The molecule has 2 heterocycles. The van der Waals surface area contributed by atoms with Crippen LogP contribution in [0.5, 0.6) is 0 Å². The summed E-state index contributed by atoms with van der Waals surface area (Å²) < 4.78 is 0. The summed E-state index contributed by atoms with van der Waals surface area (Å²) in [6.07, 6.45) is 5.42. The van der Waals surface area contributed by atoms with Crippen molar-refractivity contribution < 1.29 is 4.79 Å². The molecule has 0 atom stereocenters. The van der Waals surface area contributed by atoms with Gasteiger partial charge >= 0.3 is 0 Å². The van der Waals surface area contributed by atoms with Gasteiger partial charge in [0, 0.05) is 29.4 Å². The van der Waals surface area contributed by atoms with Gasteiger partial charge in [-0.05, 0) is 56.0 Å². The summed E-state index contributed by atoms with van der Waals surface area (Å²) in [5.74, 6) is -0.0411. The lowest BCUT2D eigenvalue weighted by atomic mass is 9.99. The molecule has 2 aromatic heterocycles. The van der Waals surface area contributed by atoms with Gasteiger partial charge in [-0.25, -0.2) is 9.98 Å². The monoisotopic (exact) mass is 362 g/mol. The van der Waals surface area contributed by atoms with Gasteiger partial charge in [0.05, 0.1) is 17.0 Å². The van der Waals surface area contributed by atoms with Crippen molar-refractivity contribution in [2.75, 3.05) is 0 Å². The van der Waals surface area contributed by atoms with E-state index in [0.717, 1.165) is 53.7 Å². The quantitative estimate of drug-likeness (QED) is 0.553. The molecule has 0 saturated heterocycles. The van der Waals surface area contributed by atoms with E-state index in [2.05, 4.69) is 9.97 Å². The van der Waals surface area contributed by atoms with Gasteiger partial charge in [0.1, 0.15) is 0 Å². The highest BCUT2D eigenvalue weighted by Gasteiger charge is 2.20. The predicted octanol–water partition coefficient (Wildman–Crippen LogP) is 2.09. The van der Waals surface area contributed by atoms with E-state index in [9.17, 15) is 4.79 Å². The number of rotatable bonds is 5. The van der Waals surface area contributed by atoms with E-state index in [1.165, 1.54) is 0 Å². The standard InChI is InChI=1S/C20H22N6O/c1-12-4-2-7-18(25-12)26-19(14-5-3-6-16(14)22)13-8-9-24-17(10-13)15(11-21)20(23)27/h2,4,7-11H,3,5-6,21-22H2,1H3,(H2,23,27). The van der Waals surface area contributed by atoms with Crippen molar-refractivity contribution in [2.45, 2.75) is 26.2 Å². The highest BCUT2D eigenvalue weighted by molar-refractivity contribution is 6.19. The van der Waals surface area contributed by atoms with Gasteiger partial charge in [-0.2, -0.15) is 0 Å². The minimum absolute atomic E-state index is 0.151. The van der Waals surface area contributed by atoms with Gasteiger partial charge in [-0.3, -0.25) is 9.78 Å². The van der Waals surface area contributed by atoms with E-state index >= 15 is 0 Å². The number of primary amides is 1. The summed E-state index contributed by atoms with van der Waals surface area (Å²) in [6, 6.07) is 9.24. The molecular weight excluding hydrogens is 340 g/mol. The number of hydrogen-bond donors (Lipinski definition) is 3. The maximum absolute atomic E-state index is 11.6. The molecule has 3 rings (SSSR count). The van der Waals surface area contributed by atoms with Crippen LogP contribution >= 0.6 is 0 Å². The van der Waals surface area contributed by atoms with E-state index in [4.69, 9.17) is 22.2 Å². The second kappa shape index (κ2) is 7.82. The zero-order chi connectivity index (χ0) is 19.4. The molecule has 1 aliphatic rings. The summed E-state index contributed by atoms with van der Waals surface area (Å²) in [5, 5.41) is 0. The second-order valence-electron chi connectivity index (χ2n) is 6.33. The summed E-state index contributed by atoms with van der Waals surface area (Å²) in [6.45, 7) is 1.91. The lowest BCUT2D eigenvalue weighted by molar-refractivity contribution is -0.112. The minimum atomic E-state index is -0.638.